The molecule has 1 aromatic carbocycles. The zero-order valence-corrected chi connectivity index (χ0v) is 13.6. The summed E-state index contributed by atoms with van der Waals surface area (Å²) in [6.07, 6.45) is -7.68. The molecule has 1 fully saturated rings. The lowest BCUT2D eigenvalue weighted by Gasteiger charge is -2.44. The van der Waals surface area contributed by atoms with Crippen LogP contribution in [0.4, 0.5) is 26.7 Å². The molecule has 1 aliphatic rings. The number of nitrogens with zero attached hydrogens (tertiary/aromatic N) is 1. The average Bonchev–Trinajstić information content (AvgIpc) is 2.55. The van der Waals surface area contributed by atoms with E-state index in [4.69, 9.17) is 0 Å². The van der Waals surface area contributed by atoms with E-state index in [-0.39, 0.29) is 5.56 Å². The number of carbonyl (C=O) groups is 2. The Hall–Kier alpha value is -2.39. The van der Waals surface area contributed by atoms with Gasteiger partial charge in [-0.25, -0.2) is 13.6 Å². The molecule has 0 spiro atoms. The minimum Gasteiger partial charge on any atom is -0.469 e. The van der Waals surface area contributed by atoms with Gasteiger partial charge in [-0.2, -0.15) is 13.2 Å². The second kappa shape index (κ2) is 7.08. The Balaban J connectivity index is 2.47. The van der Waals surface area contributed by atoms with Crippen molar-refractivity contribution in [3.05, 3.63) is 35.4 Å². The van der Waals surface area contributed by atoms with Crippen molar-refractivity contribution >= 4 is 12.1 Å². The van der Waals surface area contributed by atoms with Crippen molar-refractivity contribution in [1.82, 2.24) is 4.90 Å². The number of carboxylic acid groups (broad SMARTS) is 1. The van der Waals surface area contributed by atoms with Crippen LogP contribution in [0.25, 0.3) is 0 Å². The van der Waals surface area contributed by atoms with E-state index in [1.807, 2.05) is 0 Å². The molecule has 2 rings (SSSR count). The minimum absolute atomic E-state index is 0.0475. The summed E-state index contributed by atoms with van der Waals surface area (Å²) >= 11 is 0. The molecular formula is C16H16F5NO4. The quantitative estimate of drug-likeness (QED) is 0.636. The monoisotopic (exact) mass is 381 g/mol. The number of likely N-dealkylation sites (tertiary alicyclic amines) is 1. The first kappa shape index (κ1) is 19.9. The molecule has 0 bridgehead atoms. The van der Waals surface area contributed by atoms with Crippen LogP contribution in [0, 0.1) is 5.92 Å². The van der Waals surface area contributed by atoms with E-state index < -0.39 is 61.1 Å². The Morgan fingerprint density at radius 1 is 1.27 bits per heavy atom. The Kier molecular flexibility index (Phi) is 5.43. The zero-order chi connectivity index (χ0) is 19.7. The van der Waals surface area contributed by atoms with E-state index in [0.29, 0.717) is 17.0 Å². The van der Waals surface area contributed by atoms with Crippen molar-refractivity contribution in [2.24, 2.45) is 5.92 Å². The SMILES string of the molecule is COC(=O)CC1C(c2ccc(C(F)(F)F)cc2)N(C(=O)O)CCC1(F)F. The fourth-order valence-corrected chi connectivity index (χ4v) is 3.06. The smallest absolute Gasteiger partial charge is 0.416 e. The summed E-state index contributed by atoms with van der Waals surface area (Å²) in [4.78, 5) is 23.7. The molecule has 0 radical (unpaired) electrons. The molecule has 1 aromatic rings. The summed E-state index contributed by atoms with van der Waals surface area (Å²) in [5.74, 6) is -6.09. The summed E-state index contributed by atoms with van der Waals surface area (Å²) in [5.41, 5.74) is -1.04. The number of benzene rings is 1. The molecule has 5 nitrogen and oxygen atoms in total. The third-order valence-corrected chi connectivity index (χ3v) is 4.38. The predicted molar refractivity (Wildman–Crippen MR) is 78.6 cm³/mol. The van der Waals surface area contributed by atoms with Gasteiger partial charge in [-0.3, -0.25) is 4.79 Å². The molecule has 2 unspecified atom stereocenters. The van der Waals surface area contributed by atoms with Gasteiger partial charge in [0.15, 0.2) is 0 Å². The van der Waals surface area contributed by atoms with E-state index in [0.717, 1.165) is 19.2 Å². The van der Waals surface area contributed by atoms with Gasteiger partial charge < -0.3 is 14.7 Å². The van der Waals surface area contributed by atoms with Crippen LogP contribution in [0.2, 0.25) is 0 Å². The number of hydrogen-bond donors (Lipinski definition) is 1. The van der Waals surface area contributed by atoms with E-state index in [2.05, 4.69) is 4.74 Å². The molecule has 0 aliphatic carbocycles. The molecule has 26 heavy (non-hydrogen) atoms. The van der Waals surface area contributed by atoms with Gasteiger partial charge in [-0.1, -0.05) is 12.1 Å². The van der Waals surface area contributed by atoms with Gasteiger partial charge in [0.25, 0.3) is 5.92 Å². The van der Waals surface area contributed by atoms with Crippen molar-refractivity contribution in [3.63, 3.8) is 0 Å². The van der Waals surface area contributed by atoms with Crippen molar-refractivity contribution in [2.45, 2.75) is 31.0 Å². The van der Waals surface area contributed by atoms with Gasteiger partial charge in [0.2, 0.25) is 0 Å². The molecule has 0 aromatic heterocycles. The van der Waals surface area contributed by atoms with E-state index in [1.165, 1.54) is 0 Å². The fourth-order valence-electron chi connectivity index (χ4n) is 3.06. The zero-order valence-electron chi connectivity index (χ0n) is 13.6. The van der Waals surface area contributed by atoms with Gasteiger partial charge in [0, 0.05) is 13.0 Å². The maximum atomic E-state index is 14.4. The lowest BCUT2D eigenvalue weighted by atomic mass is 9.79. The number of halogens is 5. The number of methoxy groups -OCH3 is 1. The number of amides is 1. The third kappa shape index (κ3) is 4.05. The van der Waals surface area contributed by atoms with Crippen molar-refractivity contribution in [1.29, 1.82) is 0 Å². The summed E-state index contributed by atoms with van der Waals surface area (Å²) in [6.45, 7) is -0.508. The Labute approximate surface area is 145 Å². The second-order valence-electron chi connectivity index (χ2n) is 5.94. The number of rotatable bonds is 3. The van der Waals surface area contributed by atoms with Crippen molar-refractivity contribution < 1.29 is 41.4 Å². The number of esters is 1. The van der Waals surface area contributed by atoms with Gasteiger partial charge in [-0.15, -0.1) is 0 Å². The molecule has 1 saturated heterocycles. The fraction of sp³-hybridized carbons (Fsp3) is 0.500. The Bertz CT molecular complexity index is 674. The first-order valence-corrected chi connectivity index (χ1v) is 7.58. The highest BCUT2D eigenvalue weighted by molar-refractivity contribution is 5.71. The summed E-state index contributed by atoms with van der Waals surface area (Å²) < 4.78 is 71.3. The van der Waals surface area contributed by atoms with Crippen LogP contribution in [0.3, 0.4) is 0 Å². The standard InChI is InChI=1S/C16H16F5NO4/c1-26-12(23)8-11-13(22(14(24)25)7-6-15(11,17)18)9-2-4-10(5-3-9)16(19,20)21/h2-5,11,13H,6-8H2,1H3,(H,24,25). The number of carbonyl (C=O) groups excluding carboxylic acids is 1. The topological polar surface area (TPSA) is 66.8 Å². The van der Waals surface area contributed by atoms with Crippen LogP contribution in [0.15, 0.2) is 24.3 Å². The van der Waals surface area contributed by atoms with Gasteiger partial charge >= 0.3 is 18.2 Å². The minimum atomic E-state index is -4.62. The molecule has 1 heterocycles. The van der Waals surface area contributed by atoms with E-state index in [1.54, 1.807) is 0 Å². The largest absolute Gasteiger partial charge is 0.469 e. The maximum Gasteiger partial charge on any atom is 0.416 e. The van der Waals surface area contributed by atoms with Crippen LogP contribution in [-0.2, 0) is 15.7 Å². The second-order valence-corrected chi connectivity index (χ2v) is 5.94. The molecule has 1 N–H and O–H groups in total. The number of piperidine rings is 1. The number of alkyl halides is 5. The summed E-state index contributed by atoms with van der Waals surface area (Å²) in [7, 11) is 1.01. The summed E-state index contributed by atoms with van der Waals surface area (Å²) in [6, 6.07) is 1.82. The van der Waals surface area contributed by atoms with Crippen LogP contribution < -0.4 is 0 Å². The van der Waals surface area contributed by atoms with Gasteiger partial charge in [0.1, 0.15) is 0 Å². The van der Waals surface area contributed by atoms with Crippen LogP contribution in [-0.4, -0.2) is 41.6 Å². The highest BCUT2D eigenvalue weighted by Crippen LogP contribution is 2.47. The highest BCUT2D eigenvalue weighted by Gasteiger charge is 2.52. The summed E-state index contributed by atoms with van der Waals surface area (Å²) in [5, 5.41) is 9.32. The number of ether oxygens (including phenoxy) is 1. The normalized spacial score (nSPS) is 22.8. The van der Waals surface area contributed by atoms with Crippen LogP contribution in [0.1, 0.15) is 30.0 Å². The predicted octanol–water partition coefficient (Wildman–Crippen LogP) is 3.94. The van der Waals surface area contributed by atoms with Gasteiger partial charge in [0.05, 0.1) is 31.1 Å². The lowest BCUT2D eigenvalue weighted by Crippen LogP contribution is -2.51. The Morgan fingerprint density at radius 3 is 2.31 bits per heavy atom. The first-order valence-electron chi connectivity index (χ1n) is 7.58. The molecule has 10 heteroatoms. The molecule has 2 atom stereocenters. The highest BCUT2D eigenvalue weighted by atomic mass is 19.4. The number of hydrogen-bond acceptors (Lipinski definition) is 3. The van der Waals surface area contributed by atoms with Crippen LogP contribution in [0.5, 0.6) is 0 Å². The maximum absolute atomic E-state index is 14.4. The lowest BCUT2D eigenvalue weighted by molar-refractivity contribution is -0.158. The average molecular weight is 381 g/mol. The van der Waals surface area contributed by atoms with Crippen molar-refractivity contribution in [2.75, 3.05) is 13.7 Å². The van der Waals surface area contributed by atoms with E-state index in [9.17, 15) is 36.6 Å². The van der Waals surface area contributed by atoms with Crippen molar-refractivity contribution in [3.8, 4) is 0 Å². The molecular weight excluding hydrogens is 365 g/mol. The Morgan fingerprint density at radius 2 is 1.85 bits per heavy atom. The van der Waals surface area contributed by atoms with Gasteiger partial charge in [-0.05, 0) is 17.7 Å². The van der Waals surface area contributed by atoms with E-state index >= 15 is 0 Å². The third-order valence-electron chi connectivity index (χ3n) is 4.38. The van der Waals surface area contributed by atoms with Crippen LogP contribution >= 0.6 is 0 Å². The first-order chi connectivity index (χ1) is 12.0. The molecule has 1 amide bonds. The molecule has 144 valence electrons. The molecule has 1 aliphatic heterocycles. The molecule has 0 saturated carbocycles.